The molecule has 134 valence electrons. The van der Waals surface area contributed by atoms with Crippen LogP contribution in [0.3, 0.4) is 0 Å². The second-order valence-corrected chi connectivity index (χ2v) is 7.61. The van der Waals surface area contributed by atoms with Gasteiger partial charge in [0.15, 0.2) is 5.82 Å². The molecule has 2 N–H and O–H groups in total. The summed E-state index contributed by atoms with van der Waals surface area (Å²) in [6.45, 7) is 1.79. The summed E-state index contributed by atoms with van der Waals surface area (Å²) in [6, 6.07) is 8.34. The Hall–Kier alpha value is -1.88. The zero-order chi connectivity index (χ0) is 17.2. The Morgan fingerprint density at radius 1 is 0.960 bits per heavy atom. The van der Waals surface area contributed by atoms with Crippen LogP contribution in [0.1, 0.15) is 57.4 Å². The zero-order valence-corrected chi connectivity index (χ0v) is 14.9. The first kappa shape index (κ1) is 16.6. The molecule has 2 fully saturated rings. The standard InChI is InChI=1S/C20H28N4O/c21-15-8-6-7-13-23(14-15)19-17-11-4-5-12-18(17)20(25)24(22-19)16-9-2-1-3-10-16/h4-5,11-12,15-16H,1-3,6-10,13-14,21H2/t15-/m1/s1. The average molecular weight is 340 g/mol. The van der Waals surface area contributed by atoms with Crippen LogP contribution in [0.4, 0.5) is 5.82 Å². The highest BCUT2D eigenvalue weighted by atomic mass is 16.1. The van der Waals surface area contributed by atoms with Crippen LogP contribution in [0.15, 0.2) is 29.1 Å². The average Bonchev–Trinajstić information content (AvgIpc) is 2.87. The smallest absolute Gasteiger partial charge is 0.275 e. The fourth-order valence-corrected chi connectivity index (χ4v) is 4.36. The minimum absolute atomic E-state index is 0.0605. The van der Waals surface area contributed by atoms with Gasteiger partial charge in [-0.1, -0.05) is 43.9 Å². The lowest BCUT2D eigenvalue weighted by Gasteiger charge is -2.28. The molecule has 1 aromatic heterocycles. The minimum Gasteiger partial charge on any atom is -0.353 e. The van der Waals surface area contributed by atoms with E-state index in [9.17, 15) is 4.79 Å². The topological polar surface area (TPSA) is 64.2 Å². The Bertz CT molecular complexity index is 794. The van der Waals surface area contributed by atoms with Gasteiger partial charge in [-0.15, -0.1) is 0 Å². The van der Waals surface area contributed by atoms with Crippen molar-refractivity contribution in [1.29, 1.82) is 0 Å². The van der Waals surface area contributed by atoms with E-state index in [-0.39, 0.29) is 17.6 Å². The van der Waals surface area contributed by atoms with Crippen molar-refractivity contribution < 1.29 is 0 Å². The van der Waals surface area contributed by atoms with Crippen molar-refractivity contribution in [3.63, 3.8) is 0 Å². The van der Waals surface area contributed by atoms with Gasteiger partial charge in [0, 0.05) is 24.5 Å². The third-order valence-corrected chi connectivity index (χ3v) is 5.74. The molecule has 1 saturated carbocycles. The summed E-state index contributed by atoms with van der Waals surface area (Å²) < 4.78 is 1.78. The molecule has 1 atom stereocenters. The van der Waals surface area contributed by atoms with Crippen molar-refractivity contribution in [1.82, 2.24) is 9.78 Å². The van der Waals surface area contributed by atoms with Gasteiger partial charge in [-0.3, -0.25) is 4.79 Å². The van der Waals surface area contributed by atoms with Crippen molar-refractivity contribution in [2.45, 2.75) is 63.5 Å². The molecule has 4 rings (SSSR count). The van der Waals surface area contributed by atoms with Crippen LogP contribution in [-0.4, -0.2) is 28.9 Å². The van der Waals surface area contributed by atoms with E-state index < -0.39 is 0 Å². The fourth-order valence-electron chi connectivity index (χ4n) is 4.36. The predicted octanol–water partition coefficient (Wildman–Crippen LogP) is 3.22. The van der Waals surface area contributed by atoms with Crippen molar-refractivity contribution >= 4 is 16.6 Å². The lowest BCUT2D eigenvalue weighted by molar-refractivity contribution is 0.320. The van der Waals surface area contributed by atoms with E-state index in [1.165, 1.54) is 19.3 Å². The number of hydrogen-bond donors (Lipinski definition) is 1. The van der Waals surface area contributed by atoms with Gasteiger partial charge in [-0.2, -0.15) is 5.10 Å². The first-order valence-corrected chi connectivity index (χ1v) is 9.76. The lowest BCUT2D eigenvalue weighted by Crippen LogP contribution is -2.38. The van der Waals surface area contributed by atoms with E-state index in [4.69, 9.17) is 10.8 Å². The van der Waals surface area contributed by atoms with Crippen molar-refractivity contribution in [2.75, 3.05) is 18.0 Å². The van der Waals surface area contributed by atoms with E-state index in [1.54, 1.807) is 4.68 Å². The highest BCUT2D eigenvalue weighted by molar-refractivity contribution is 5.91. The largest absolute Gasteiger partial charge is 0.353 e. The lowest BCUT2D eigenvalue weighted by atomic mass is 9.95. The Morgan fingerprint density at radius 2 is 1.68 bits per heavy atom. The number of hydrogen-bond acceptors (Lipinski definition) is 4. The Labute approximate surface area is 148 Å². The van der Waals surface area contributed by atoms with Gasteiger partial charge in [0.25, 0.3) is 5.56 Å². The highest BCUT2D eigenvalue weighted by Gasteiger charge is 2.24. The molecule has 1 saturated heterocycles. The molecule has 0 unspecified atom stereocenters. The van der Waals surface area contributed by atoms with E-state index in [0.29, 0.717) is 0 Å². The summed E-state index contributed by atoms with van der Waals surface area (Å²) in [5, 5.41) is 6.65. The van der Waals surface area contributed by atoms with Crippen molar-refractivity contribution in [3.05, 3.63) is 34.6 Å². The van der Waals surface area contributed by atoms with E-state index in [1.807, 2.05) is 24.3 Å². The minimum atomic E-state index is 0.0605. The van der Waals surface area contributed by atoms with Crippen LogP contribution in [0.2, 0.25) is 0 Å². The third kappa shape index (κ3) is 3.30. The molecule has 5 heteroatoms. The van der Waals surface area contributed by atoms with E-state index in [0.717, 1.165) is 61.8 Å². The second-order valence-electron chi connectivity index (χ2n) is 7.61. The molecular weight excluding hydrogens is 312 g/mol. The summed E-state index contributed by atoms with van der Waals surface area (Å²) in [5.74, 6) is 0.943. The molecule has 2 aliphatic rings. The number of fused-ring (bicyclic) bond motifs is 1. The van der Waals surface area contributed by atoms with E-state index >= 15 is 0 Å². The monoisotopic (exact) mass is 340 g/mol. The quantitative estimate of drug-likeness (QED) is 0.912. The number of rotatable bonds is 2. The molecule has 5 nitrogen and oxygen atoms in total. The van der Waals surface area contributed by atoms with Gasteiger partial charge in [0.05, 0.1) is 11.4 Å². The third-order valence-electron chi connectivity index (χ3n) is 5.74. The summed E-state index contributed by atoms with van der Waals surface area (Å²) in [4.78, 5) is 15.4. The second kappa shape index (κ2) is 7.16. The van der Waals surface area contributed by atoms with Crippen molar-refractivity contribution in [3.8, 4) is 0 Å². The summed E-state index contributed by atoms with van der Waals surface area (Å²) in [7, 11) is 0. The maximum atomic E-state index is 13.1. The van der Waals surface area contributed by atoms with Crippen LogP contribution in [-0.2, 0) is 0 Å². The Balaban J connectivity index is 1.84. The SMILES string of the molecule is N[C@@H]1CCCCN(c2nn(C3CCCCC3)c(=O)c3ccccc23)C1. The van der Waals surface area contributed by atoms with Crippen LogP contribution in [0, 0.1) is 0 Å². The molecular formula is C20H28N4O. The number of benzene rings is 1. The van der Waals surface area contributed by atoms with Crippen LogP contribution in [0.5, 0.6) is 0 Å². The Morgan fingerprint density at radius 3 is 2.48 bits per heavy atom. The fraction of sp³-hybridized carbons (Fsp3) is 0.600. The normalized spacial score (nSPS) is 22.9. The van der Waals surface area contributed by atoms with Crippen LogP contribution < -0.4 is 16.2 Å². The zero-order valence-electron chi connectivity index (χ0n) is 14.9. The maximum absolute atomic E-state index is 13.1. The molecule has 0 spiro atoms. The summed E-state index contributed by atoms with van der Waals surface area (Å²) in [6.07, 6.45) is 9.13. The molecule has 2 heterocycles. The number of anilines is 1. The molecule has 0 amide bonds. The molecule has 1 aromatic carbocycles. The molecule has 0 bridgehead atoms. The van der Waals surface area contributed by atoms with Gasteiger partial charge in [-0.05, 0) is 31.7 Å². The van der Waals surface area contributed by atoms with Crippen LogP contribution >= 0.6 is 0 Å². The molecule has 0 radical (unpaired) electrons. The van der Waals surface area contributed by atoms with Crippen LogP contribution in [0.25, 0.3) is 10.8 Å². The number of aromatic nitrogens is 2. The number of nitrogens with two attached hydrogens (primary N) is 1. The first-order chi connectivity index (χ1) is 12.2. The first-order valence-electron chi connectivity index (χ1n) is 9.76. The molecule has 1 aliphatic carbocycles. The van der Waals surface area contributed by atoms with Gasteiger partial charge in [-0.25, -0.2) is 4.68 Å². The maximum Gasteiger partial charge on any atom is 0.275 e. The molecule has 25 heavy (non-hydrogen) atoms. The number of nitrogens with zero attached hydrogens (tertiary/aromatic N) is 3. The van der Waals surface area contributed by atoms with Gasteiger partial charge in [0.2, 0.25) is 0 Å². The predicted molar refractivity (Wildman–Crippen MR) is 102 cm³/mol. The summed E-state index contributed by atoms with van der Waals surface area (Å²) >= 11 is 0. The highest BCUT2D eigenvalue weighted by Crippen LogP contribution is 2.30. The van der Waals surface area contributed by atoms with Gasteiger partial charge in [0.1, 0.15) is 0 Å². The summed E-state index contributed by atoms with van der Waals surface area (Å²) in [5.41, 5.74) is 6.34. The van der Waals surface area contributed by atoms with Gasteiger partial charge >= 0.3 is 0 Å². The van der Waals surface area contributed by atoms with Crippen molar-refractivity contribution in [2.24, 2.45) is 5.73 Å². The Kier molecular flexibility index (Phi) is 4.75. The van der Waals surface area contributed by atoms with E-state index in [2.05, 4.69) is 4.90 Å². The molecule has 2 aromatic rings. The van der Waals surface area contributed by atoms with Gasteiger partial charge < -0.3 is 10.6 Å². The molecule has 1 aliphatic heterocycles.